The lowest BCUT2D eigenvalue weighted by Crippen LogP contribution is -2.55. The van der Waals surface area contributed by atoms with Gasteiger partial charge >= 0.3 is 0 Å². The molecule has 3 aromatic rings. The van der Waals surface area contributed by atoms with E-state index in [-0.39, 0.29) is 11.8 Å². The summed E-state index contributed by atoms with van der Waals surface area (Å²) in [7, 11) is 1.78. The summed E-state index contributed by atoms with van der Waals surface area (Å²) in [5, 5.41) is 4.71. The largest absolute Gasteiger partial charge is 0.383 e. The van der Waals surface area contributed by atoms with Crippen molar-refractivity contribution in [3.05, 3.63) is 42.4 Å². The van der Waals surface area contributed by atoms with Gasteiger partial charge in [-0.15, -0.1) is 0 Å². The molecule has 1 amide bonds. The number of fused-ring (bicyclic) bond motifs is 2. The van der Waals surface area contributed by atoms with Crippen molar-refractivity contribution in [3.8, 4) is 11.3 Å². The summed E-state index contributed by atoms with van der Waals surface area (Å²) in [6.45, 7) is 4.07. The molecule has 3 N–H and O–H groups in total. The molecule has 1 aliphatic heterocycles. The number of anilines is 2. The van der Waals surface area contributed by atoms with Gasteiger partial charge in [0.25, 0.3) is 0 Å². The number of amides is 1. The third kappa shape index (κ3) is 3.54. The molecule has 0 spiro atoms. The highest BCUT2D eigenvalue weighted by Gasteiger charge is 2.60. The Kier molecular flexibility index (Phi) is 4.81. The van der Waals surface area contributed by atoms with E-state index < -0.39 is 0 Å². The van der Waals surface area contributed by atoms with E-state index in [2.05, 4.69) is 25.2 Å². The summed E-state index contributed by atoms with van der Waals surface area (Å²) in [6.07, 6.45) is 7.85. The van der Waals surface area contributed by atoms with Gasteiger partial charge in [-0.3, -0.25) is 14.7 Å². The molecule has 0 bridgehead atoms. The normalized spacial score (nSPS) is 26.7. The number of aromatic nitrogens is 3. The molecule has 33 heavy (non-hydrogen) atoms. The van der Waals surface area contributed by atoms with Crippen LogP contribution >= 0.6 is 0 Å². The summed E-state index contributed by atoms with van der Waals surface area (Å²) < 4.78 is 5.39. The summed E-state index contributed by atoms with van der Waals surface area (Å²) in [5.41, 5.74) is 8.99. The van der Waals surface area contributed by atoms with Crippen molar-refractivity contribution in [1.29, 1.82) is 0 Å². The number of carbonyl (C=O) groups is 1. The van der Waals surface area contributed by atoms with Crippen molar-refractivity contribution in [2.45, 2.75) is 31.9 Å². The molecule has 4 heterocycles. The molecule has 4 atom stereocenters. The van der Waals surface area contributed by atoms with Crippen LogP contribution in [-0.2, 0) is 9.53 Å². The Morgan fingerprint density at radius 1 is 1.21 bits per heavy atom. The van der Waals surface area contributed by atoms with Crippen molar-refractivity contribution in [3.63, 3.8) is 0 Å². The molecule has 3 aromatic heterocycles. The number of methoxy groups -OCH3 is 1. The van der Waals surface area contributed by atoms with Gasteiger partial charge in [-0.1, -0.05) is 0 Å². The van der Waals surface area contributed by atoms with Gasteiger partial charge in [0.1, 0.15) is 11.6 Å². The third-order valence-electron chi connectivity index (χ3n) is 7.76. The Bertz CT molecular complexity index is 1230. The molecule has 0 unspecified atom stereocenters. The molecule has 6 rings (SSSR count). The van der Waals surface area contributed by atoms with E-state index in [1.54, 1.807) is 25.7 Å². The van der Waals surface area contributed by atoms with Gasteiger partial charge in [0.05, 0.1) is 11.8 Å². The second kappa shape index (κ2) is 7.74. The first-order chi connectivity index (χ1) is 16.0. The van der Waals surface area contributed by atoms with Crippen LogP contribution in [0.15, 0.2) is 36.8 Å². The number of carbonyl (C=O) groups excluding carboxylic acids is 1. The van der Waals surface area contributed by atoms with E-state index in [9.17, 15) is 4.79 Å². The number of rotatable bonds is 5. The van der Waals surface area contributed by atoms with E-state index in [1.807, 2.05) is 25.1 Å². The highest BCUT2D eigenvalue weighted by Crippen LogP contribution is 2.59. The molecule has 0 radical (unpaired) electrons. The van der Waals surface area contributed by atoms with E-state index >= 15 is 0 Å². The highest BCUT2D eigenvalue weighted by atomic mass is 16.5. The number of nitrogens with zero attached hydrogens (tertiary/aromatic N) is 4. The predicted molar refractivity (Wildman–Crippen MR) is 126 cm³/mol. The predicted octanol–water partition coefficient (Wildman–Crippen LogP) is 2.88. The molecule has 170 valence electrons. The average molecular weight is 445 g/mol. The molecule has 8 heteroatoms. The van der Waals surface area contributed by atoms with E-state index in [0.717, 1.165) is 53.5 Å². The van der Waals surface area contributed by atoms with Gasteiger partial charge in [-0.05, 0) is 60.7 Å². The van der Waals surface area contributed by atoms with Crippen LogP contribution < -0.4 is 11.1 Å². The lowest BCUT2D eigenvalue weighted by molar-refractivity contribution is -0.118. The van der Waals surface area contributed by atoms with Crippen molar-refractivity contribution in [2.24, 2.45) is 17.8 Å². The van der Waals surface area contributed by atoms with Crippen LogP contribution in [0.25, 0.3) is 22.0 Å². The number of nitrogens with two attached hydrogens (primary N) is 1. The summed E-state index contributed by atoms with van der Waals surface area (Å²) in [4.78, 5) is 28.6. The van der Waals surface area contributed by atoms with Crippen LogP contribution in [0.1, 0.15) is 18.4 Å². The lowest BCUT2D eigenvalue weighted by atomic mass is 10.0. The fourth-order valence-electron chi connectivity index (χ4n) is 5.74. The molecule has 3 aliphatic rings. The Morgan fingerprint density at radius 2 is 2.00 bits per heavy atom. The first-order valence-corrected chi connectivity index (χ1v) is 11.6. The van der Waals surface area contributed by atoms with Crippen LogP contribution in [0.2, 0.25) is 0 Å². The smallest absolute Gasteiger partial charge is 0.229 e. The van der Waals surface area contributed by atoms with Gasteiger partial charge in [-0.2, -0.15) is 0 Å². The Morgan fingerprint density at radius 3 is 2.73 bits per heavy atom. The second-order valence-electron chi connectivity index (χ2n) is 9.65. The van der Waals surface area contributed by atoms with Crippen LogP contribution in [-0.4, -0.2) is 58.1 Å². The number of hydrogen-bond acceptors (Lipinski definition) is 7. The van der Waals surface area contributed by atoms with Crippen LogP contribution in [0, 0.1) is 24.7 Å². The van der Waals surface area contributed by atoms with Gasteiger partial charge in [-0.25, -0.2) is 9.97 Å². The first-order valence-electron chi connectivity index (χ1n) is 11.6. The van der Waals surface area contributed by atoms with Gasteiger partial charge < -0.3 is 15.8 Å². The van der Waals surface area contributed by atoms with Crippen molar-refractivity contribution >= 4 is 28.3 Å². The molecule has 3 fully saturated rings. The van der Waals surface area contributed by atoms with E-state index in [4.69, 9.17) is 10.5 Å². The average Bonchev–Trinajstić information content (AvgIpc) is 3.28. The Labute approximate surface area is 192 Å². The van der Waals surface area contributed by atoms with Crippen molar-refractivity contribution in [1.82, 2.24) is 19.9 Å². The fraction of sp³-hybridized carbons (Fsp3) is 0.440. The molecule has 2 saturated carbocycles. The topological polar surface area (TPSA) is 106 Å². The van der Waals surface area contributed by atoms with Crippen molar-refractivity contribution < 1.29 is 9.53 Å². The zero-order chi connectivity index (χ0) is 22.7. The molecule has 2 aliphatic carbocycles. The number of pyridine rings is 3. The second-order valence-corrected chi connectivity index (χ2v) is 9.65. The highest BCUT2D eigenvalue weighted by molar-refractivity contribution is 5.98. The maximum Gasteiger partial charge on any atom is 0.229 e. The molecule has 0 aromatic carbocycles. The Balaban J connectivity index is 1.15. The number of hydrogen-bond donors (Lipinski definition) is 2. The summed E-state index contributed by atoms with van der Waals surface area (Å²) in [6, 6.07) is 6.42. The van der Waals surface area contributed by atoms with E-state index in [1.165, 1.54) is 0 Å². The number of nitrogens with one attached hydrogen (secondary N) is 1. The minimum absolute atomic E-state index is 0.0824. The fourth-order valence-corrected chi connectivity index (χ4v) is 5.74. The zero-order valence-corrected chi connectivity index (χ0v) is 18.9. The van der Waals surface area contributed by atoms with Gasteiger partial charge in [0.15, 0.2) is 0 Å². The minimum Gasteiger partial charge on any atom is -0.383 e. The monoisotopic (exact) mass is 444 g/mol. The van der Waals surface area contributed by atoms with Crippen LogP contribution in [0.4, 0.5) is 11.6 Å². The lowest BCUT2D eigenvalue weighted by Gasteiger charge is -2.43. The molecular weight excluding hydrogens is 416 g/mol. The quantitative estimate of drug-likeness (QED) is 0.623. The standard InChI is InChI=1S/C25H28N6O2/c1-13-3-4-27-9-19(13)21-5-14-6-22(28-10-20(14)24(26)29-21)30-25(32)23-17-7-15(8-18(17)23)31-11-16(12-31)33-2/h3-6,9-10,15-18,23H,7-8,11-12H2,1-2H3,(H2,26,29)(H,28,30,32)/t15-,17+,18-,23-. The molecular formula is C25H28N6O2. The van der Waals surface area contributed by atoms with E-state index in [0.29, 0.717) is 35.6 Å². The van der Waals surface area contributed by atoms with Gasteiger partial charge in [0.2, 0.25) is 5.91 Å². The summed E-state index contributed by atoms with van der Waals surface area (Å²) >= 11 is 0. The maximum absolute atomic E-state index is 13.0. The third-order valence-corrected chi connectivity index (χ3v) is 7.76. The molecule has 8 nitrogen and oxygen atoms in total. The number of likely N-dealkylation sites (tertiary alicyclic amines) is 1. The van der Waals surface area contributed by atoms with Crippen LogP contribution in [0.5, 0.6) is 0 Å². The SMILES string of the molecule is COC1CN([C@H]2C[C@@H]3[C@H](C2)[C@H]3C(=O)Nc2cc3cc(-c4cnccc4C)nc(N)c3cn2)C1. The van der Waals surface area contributed by atoms with Gasteiger partial charge in [0, 0.05) is 61.7 Å². The van der Waals surface area contributed by atoms with Crippen LogP contribution in [0.3, 0.4) is 0 Å². The zero-order valence-electron chi connectivity index (χ0n) is 18.9. The number of nitrogen functional groups attached to an aromatic ring is 1. The summed E-state index contributed by atoms with van der Waals surface area (Å²) in [5.74, 6) is 2.15. The van der Waals surface area contributed by atoms with Crippen molar-refractivity contribution in [2.75, 3.05) is 31.2 Å². The first kappa shape index (κ1) is 20.5. The maximum atomic E-state index is 13.0. The number of aryl methyl sites for hydroxylation is 1. The number of ether oxygens (including phenoxy) is 1. The Hall–Kier alpha value is -3.10. The molecule has 1 saturated heterocycles. The minimum atomic E-state index is 0.0824.